The molecule has 1 aromatic heterocycles. The van der Waals surface area contributed by atoms with Gasteiger partial charge in [-0.1, -0.05) is 42.8 Å². The number of likely N-dealkylation sites (tertiary alicyclic amines) is 1. The molecular weight excluding hydrogens is 356 g/mol. The second-order valence-electron chi connectivity index (χ2n) is 6.79. The van der Waals surface area contributed by atoms with Gasteiger partial charge in [0.1, 0.15) is 0 Å². The highest BCUT2D eigenvalue weighted by Crippen LogP contribution is 2.17. The monoisotopic (exact) mass is 378 g/mol. The molecule has 0 aliphatic carbocycles. The van der Waals surface area contributed by atoms with Gasteiger partial charge in [-0.05, 0) is 62.4 Å². The van der Waals surface area contributed by atoms with E-state index in [-0.39, 0.29) is 5.91 Å². The molecule has 6 heteroatoms. The number of aromatic nitrogens is 3. The summed E-state index contributed by atoms with van der Waals surface area (Å²) in [4.78, 5) is 15.3. The molecule has 4 rings (SSSR count). The third-order valence-corrected chi connectivity index (χ3v) is 5.24. The predicted molar refractivity (Wildman–Crippen MR) is 108 cm³/mol. The summed E-state index contributed by atoms with van der Waals surface area (Å²) in [5, 5.41) is 4.64. The number of para-hydroxylation sites is 1. The number of rotatable bonds is 4. The molecule has 1 saturated heterocycles. The zero-order chi connectivity index (χ0) is 18.6. The van der Waals surface area contributed by atoms with Crippen LogP contribution in [0.1, 0.15) is 35.4 Å². The van der Waals surface area contributed by atoms with E-state index in [0.717, 1.165) is 24.6 Å². The van der Waals surface area contributed by atoms with Gasteiger partial charge in [0.25, 0.3) is 5.91 Å². The molecule has 2 heterocycles. The van der Waals surface area contributed by atoms with Crippen molar-refractivity contribution < 1.29 is 4.79 Å². The number of carbonyl (C=O) groups is 1. The Bertz CT molecular complexity index is 972. The van der Waals surface area contributed by atoms with E-state index in [4.69, 9.17) is 12.2 Å². The number of benzene rings is 2. The molecule has 0 amide bonds. The van der Waals surface area contributed by atoms with Gasteiger partial charge >= 0.3 is 0 Å². The van der Waals surface area contributed by atoms with Gasteiger partial charge in [-0.2, -0.15) is 4.68 Å². The van der Waals surface area contributed by atoms with Crippen LogP contribution in [0.4, 0.5) is 0 Å². The lowest BCUT2D eigenvalue weighted by molar-refractivity contribution is 0.0941. The van der Waals surface area contributed by atoms with Crippen LogP contribution in [0.3, 0.4) is 0 Å². The highest BCUT2D eigenvalue weighted by atomic mass is 32.1. The lowest BCUT2D eigenvalue weighted by Gasteiger charge is -2.25. The first kappa shape index (κ1) is 17.8. The van der Waals surface area contributed by atoms with Gasteiger partial charge in [-0.15, -0.1) is 5.10 Å². The van der Waals surface area contributed by atoms with E-state index >= 15 is 0 Å². The smallest absolute Gasteiger partial charge is 0.280 e. The fourth-order valence-electron chi connectivity index (χ4n) is 3.50. The maximum Gasteiger partial charge on any atom is 0.280 e. The molecule has 27 heavy (non-hydrogen) atoms. The fraction of sp³-hybridized carbons (Fsp3) is 0.286. The van der Waals surface area contributed by atoms with Crippen molar-refractivity contribution in [3.63, 3.8) is 0 Å². The summed E-state index contributed by atoms with van der Waals surface area (Å²) in [6.45, 7) is 2.80. The topological polar surface area (TPSA) is 43.1 Å². The van der Waals surface area contributed by atoms with Crippen LogP contribution in [0.2, 0.25) is 0 Å². The van der Waals surface area contributed by atoms with Crippen LogP contribution in [0.5, 0.6) is 0 Å². The molecule has 3 aromatic rings. The lowest BCUT2D eigenvalue weighted by Crippen LogP contribution is -2.30. The van der Waals surface area contributed by atoms with Crippen molar-refractivity contribution in [2.24, 2.45) is 0 Å². The first-order valence-corrected chi connectivity index (χ1v) is 9.73. The molecule has 138 valence electrons. The highest BCUT2D eigenvalue weighted by Gasteiger charge is 2.21. The van der Waals surface area contributed by atoms with Gasteiger partial charge in [0.15, 0.2) is 5.82 Å². The van der Waals surface area contributed by atoms with E-state index in [2.05, 4.69) is 10.00 Å². The van der Waals surface area contributed by atoms with Crippen molar-refractivity contribution in [1.29, 1.82) is 0 Å². The Morgan fingerprint density at radius 2 is 1.56 bits per heavy atom. The van der Waals surface area contributed by atoms with Crippen molar-refractivity contribution in [2.45, 2.75) is 25.8 Å². The third-order valence-electron chi connectivity index (χ3n) is 4.89. The lowest BCUT2D eigenvalue weighted by atomic mass is 10.1. The van der Waals surface area contributed by atoms with Crippen LogP contribution < -0.4 is 0 Å². The molecule has 2 aromatic carbocycles. The molecular formula is C21H22N4OS. The summed E-state index contributed by atoms with van der Waals surface area (Å²) in [6, 6.07) is 19.1. The van der Waals surface area contributed by atoms with Crippen LogP contribution in [0, 0.1) is 4.77 Å². The van der Waals surface area contributed by atoms with Gasteiger partial charge in [0.2, 0.25) is 4.77 Å². The van der Waals surface area contributed by atoms with Gasteiger partial charge < -0.3 is 0 Å². The van der Waals surface area contributed by atoms with Crippen molar-refractivity contribution in [1.82, 2.24) is 19.2 Å². The van der Waals surface area contributed by atoms with E-state index in [1.165, 1.54) is 23.9 Å². The van der Waals surface area contributed by atoms with E-state index in [1.807, 2.05) is 53.1 Å². The number of piperidine rings is 1. The molecule has 1 fully saturated rings. The third kappa shape index (κ3) is 3.77. The van der Waals surface area contributed by atoms with E-state index < -0.39 is 0 Å². The SMILES string of the molecule is O=C(c1ccccc1)n1nc(CN2CCCCC2)n(-c2ccccc2)c1=S. The maximum absolute atomic E-state index is 13.0. The Labute approximate surface area is 163 Å². The minimum absolute atomic E-state index is 0.199. The van der Waals surface area contributed by atoms with Crippen LogP contribution in [0.25, 0.3) is 5.69 Å². The Kier molecular flexibility index (Phi) is 5.27. The number of hydrogen-bond acceptors (Lipinski definition) is 4. The predicted octanol–water partition coefficient (Wildman–Crippen LogP) is 4.08. The highest BCUT2D eigenvalue weighted by molar-refractivity contribution is 7.71. The summed E-state index contributed by atoms with van der Waals surface area (Å²) in [6.07, 6.45) is 3.69. The maximum atomic E-state index is 13.0. The zero-order valence-electron chi connectivity index (χ0n) is 15.1. The summed E-state index contributed by atoms with van der Waals surface area (Å²) < 4.78 is 3.68. The Hall–Kier alpha value is -2.57. The van der Waals surface area contributed by atoms with E-state index in [1.54, 1.807) is 12.1 Å². The molecule has 0 N–H and O–H groups in total. The van der Waals surface area contributed by atoms with Crippen LogP contribution >= 0.6 is 12.2 Å². The van der Waals surface area contributed by atoms with Crippen LogP contribution in [0.15, 0.2) is 60.7 Å². The second kappa shape index (κ2) is 7.98. The normalized spacial score (nSPS) is 15.0. The minimum Gasteiger partial charge on any atom is -0.296 e. The van der Waals surface area contributed by atoms with E-state index in [9.17, 15) is 4.79 Å². The molecule has 1 aliphatic rings. The summed E-state index contributed by atoms with van der Waals surface area (Å²) >= 11 is 5.66. The largest absolute Gasteiger partial charge is 0.296 e. The van der Waals surface area contributed by atoms with Crippen molar-refractivity contribution in [2.75, 3.05) is 13.1 Å². The molecule has 0 unspecified atom stereocenters. The fourth-order valence-corrected chi connectivity index (χ4v) is 3.83. The number of nitrogens with zero attached hydrogens (tertiary/aromatic N) is 4. The zero-order valence-corrected chi connectivity index (χ0v) is 15.9. The first-order valence-electron chi connectivity index (χ1n) is 9.32. The molecule has 0 bridgehead atoms. The van der Waals surface area contributed by atoms with E-state index in [0.29, 0.717) is 16.9 Å². The Balaban J connectivity index is 1.77. The molecule has 1 aliphatic heterocycles. The molecule has 0 saturated carbocycles. The van der Waals surface area contributed by atoms with Crippen molar-refractivity contribution >= 4 is 18.1 Å². The summed E-state index contributed by atoms with van der Waals surface area (Å²) in [7, 11) is 0. The quantitative estimate of drug-likeness (QED) is 0.642. The molecule has 5 nitrogen and oxygen atoms in total. The Morgan fingerprint density at radius 1 is 0.926 bits per heavy atom. The van der Waals surface area contributed by atoms with Gasteiger partial charge in [0, 0.05) is 11.3 Å². The van der Waals surface area contributed by atoms with Gasteiger partial charge in [-0.25, -0.2) is 0 Å². The molecule has 0 spiro atoms. The second-order valence-corrected chi connectivity index (χ2v) is 7.15. The average Bonchev–Trinajstić information content (AvgIpc) is 3.05. The number of hydrogen-bond donors (Lipinski definition) is 0. The summed E-state index contributed by atoms with van der Waals surface area (Å²) in [5.74, 6) is 0.604. The van der Waals surface area contributed by atoms with Crippen molar-refractivity contribution in [3.05, 3.63) is 76.8 Å². The minimum atomic E-state index is -0.199. The summed E-state index contributed by atoms with van der Waals surface area (Å²) in [5.41, 5.74) is 1.51. The van der Waals surface area contributed by atoms with Gasteiger partial charge in [-0.3, -0.25) is 14.3 Å². The van der Waals surface area contributed by atoms with Crippen molar-refractivity contribution in [3.8, 4) is 5.69 Å². The van der Waals surface area contributed by atoms with Gasteiger partial charge in [0.05, 0.1) is 6.54 Å². The molecule has 0 radical (unpaired) electrons. The Morgan fingerprint density at radius 3 is 2.22 bits per heavy atom. The first-order chi connectivity index (χ1) is 13.2. The molecule has 0 atom stereocenters. The average molecular weight is 379 g/mol. The standard InChI is InChI=1S/C21H22N4OS/c26-20(17-10-4-1-5-11-17)25-21(27)24(18-12-6-2-7-13-18)19(22-25)16-23-14-8-3-9-15-23/h1-2,4-7,10-13H,3,8-9,14-16H2. The van der Waals surface area contributed by atoms with Crippen LogP contribution in [-0.2, 0) is 6.54 Å². The van der Waals surface area contributed by atoms with Crippen LogP contribution in [-0.4, -0.2) is 38.2 Å². The number of carbonyl (C=O) groups excluding carboxylic acids is 1.